The fraction of sp³-hybridized carbons (Fsp3) is 0.455. The summed E-state index contributed by atoms with van der Waals surface area (Å²) >= 11 is 0. The zero-order valence-electron chi connectivity index (χ0n) is 16.3. The number of aryl methyl sites for hydroxylation is 1. The van der Waals surface area contributed by atoms with Crippen LogP contribution in [-0.2, 0) is 6.42 Å². The molecule has 1 N–H and O–H groups in total. The highest BCUT2D eigenvalue weighted by atomic mass is 16.5. The average Bonchev–Trinajstić information content (AvgIpc) is 2.73. The number of piperazine rings is 1. The highest BCUT2D eigenvalue weighted by Crippen LogP contribution is 2.22. The lowest BCUT2D eigenvalue weighted by molar-refractivity contribution is 0.0663. The topological polar surface area (TPSA) is 45.2 Å². The Kier molecular flexibility index (Phi) is 6.96. The van der Waals surface area contributed by atoms with Gasteiger partial charge in [-0.3, -0.25) is 4.90 Å². The van der Waals surface area contributed by atoms with E-state index in [9.17, 15) is 5.11 Å². The third-order valence-corrected chi connectivity index (χ3v) is 5.03. The van der Waals surface area contributed by atoms with Gasteiger partial charge in [0.05, 0.1) is 7.11 Å². The third kappa shape index (κ3) is 5.62. The lowest BCUT2D eigenvalue weighted by Crippen LogP contribution is -2.49. The van der Waals surface area contributed by atoms with E-state index in [2.05, 4.69) is 41.0 Å². The Balaban J connectivity index is 1.41. The molecule has 0 saturated carbocycles. The van der Waals surface area contributed by atoms with Gasteiger partial charge in [0.25, 0.3) is 0 Å². The Labute approximate surface area is 162 Å². The number of ether oxygens (including phenoxy) is 2. The molecule has 2 aromatic carbocycles. The van der Waals surface area contributed by atoms with Gasteiger partial charge >= 0.3 is 0 Å². The summed E-state index contributed by atoms with van der Waals surface area (Å²) in [7, 11) is 1.69. The van der Waals surface area contributed by atoms with Gasteiger partial charge in [0.2, 0.25) is 0 Å². The maximum absolute atomic E-state index is 10.3. The molecule has 27 heavy (non-hydrogen) atoms. The predicted octanol–water partition coefficient (Wildman–Crippen LogP) is 2.82. The minimum absolute atomic E-state index is 0.321. The zero-order valence-corrected chi connectivity index (χ0v) is 16.3. The quantitative estimate of drug-likeness (QED) is 0.774. The van der Waals surface area contributed by atoms with E-state index in [1.54, 1.807) is 7.11 Å². The van der Waals surface area contributed by atoms with Gasteiger partial charge in [-0.1, -0.05) is 25.1 Å². The van der Waals surface area contributed by atoms with Crippen LogP contribution in [0.1, 0.15) is 12.5 Å². The first kappa shape index (κ1) is 19.5. The number of methoxy groups -OCH3 is 1. The molecule has 0 bridgehead atoms. The zero-order chi connectivity index (χ0) is 19.1. The molecule has 5 nitrogen and oxygen atoms in total. The average molecular weight is 370 g/mol. The predicted molar refractivity (Wildman–Crippen MR) is 109 cm³/mol. The summed E-state index contributed by atoms with van der Waals surface area (Å²) in [6, 6.07) is 16.3. The molecule has 0 aliphatic carbocycles. The minimum Gasteiger partial charge on any atom is -0.497 e. The number of hydrogen-bond acceptors (Lipinski definition) is 5. The molecule has 1 atom stereocenters. The molecule has 0 radical (unpaired) electrons. The lowest BCUT2D eigenvalue weighted by Gasteiger charge is -2.37. The van der Waals surface area contributed by atoms with E-state index in [1.165, 1.54) is 11.3 Å². The van der Waals surface area contributed by atoms with Crippen molar-refractivity contribution >= 4 is 5.69 Å². The van der Waals surface area contributed by atoms with Gasteiger partial charge in [0, 0.05) is 44.5 Å². The van der Waals surface area contributed by atoms with Crippen LogP contribution in [0.25, 0.3) is 0 Å². The molecule has 1 aliphatic heterocycles. The van der Waals surface area contributed by atoms with Crippen molar-refractivity contribution in [2.45, 2.75) is 19.4 Å². The van der Waals surface area contributed by atoms with E-state index in [4.69, 9.17) is 9.47 Å². The van der Waals surface area contributed by atoms with Crippen molar-refractivity contribution in [1.29, 1.82) is 0 Å². The summed E-state index contributed by atoms with van der Waals surface area (Å²) in [6.45, 7) is 6.84. The van der Waals surface area contributed by atoms with Crippen LogP contribution in [0, 0.1) is 0 Å². The normalized spacial score (nSPS) is 16.2. The van der Waals surface area contributed by atoms with E-state index < -0.39 is 6.10 Å². The summed E-state index contributed by atoms with van der Waals surface area (Å²) in [5, 5.41) is 10.3. The van der Waals surface area contributed by atoms with Gasteiger partial charge in [-0.25, -0.2) is 0 Å². The van der Waals surface area contributed by atoms with E-state index in [0.717, 1.165) is 44.1 Å². The Hall–Kier alpha value is -2.24. The summed E-state index contributed by atoms with van der Waals surface area (Å²) < 4.78 is 11.0. The Bertz CT molecular complexity index is 697. The highest BCUT2D eigenvalue weighted by Gasteiger charge is 2.20. The summed E-state index contributed by atoms with van der Waals surface area (Å²) in [5.74, 6) is 1.70. The van der Waals surface area contributed by atoms with Crippen LogP contribution in [0.4, 0.5) is 5.69 Å². The monoisotopic (exact) mass is 370 g/mol. The Morgan fingerprint density at radius 1 is 1.00 bits per heavy atom. The summed E-state index contributed by atoms with van der Waals surface area (Å²) in [4.78, 5) is 4.65. The molecule has 5 heteroatoms. The maximum Gasteiger partial charge on any atom is 0.120 e. The van der Waals surface area contributed by atoms with Crippen molar-refractivity contribution in [3.05, 3.63) is 54.1 Å². The maximum atomic E-state index is 10.3. The van der Waals surface area contributed by atoms with Gasteiger partial charge in [-0.15, -0.1) is 0 Å². The molecule has 2 aromatic rings. The van der Waals surface area contributed by atoms with E-state index in [-0.39, 0.29) is 0 Å². The molecule has 1 fully saturated rings. The molecule has 3 rings (SSSR count). The number of rotatable bonds is 8. The van der Waals surface area contributed by atoms with Crippen LogP contribution in [0.5, 0.6) is 11.5 Å². The molecule has 0 amide bonds. The van der Waals surface area contributed by atoms with Crippen molar-refractivity contribution in [2.75, 3.05) is 51.3 Å². The third-order valence-electron chi connectivity index (χ3n) is 5.03. The molecule has 1 saturated heterocycles. The molecule has 1 unspecified atom stereocenters. The van der Waals surface area contributed by atoms with E-state index >= 15 is 0 Å². The van der Waals surface area contributed by atoms with Crippen LogP contribution in [-0.4, -0.2) is 62.6 Å². The SMILES string of the molecule is CCc1ccc(OCC(O)CN2CCN(c3cccc(OC)c3)CC2)cc1. The van der Waals surface area contributed by atoms with Crippen molar-refractivity contribution in [3.63, 3.8) is 0 Å². The second kappa shape index (κ2) is 9.62. The molecule has 0 aromatic heterocycles. The van der Waals surface area contributed by atoms with Gasteiger partial charge in [-0.2, -0.15) is 0 Å². The fourth-order valence-corrected chi connectivity index (χ4v) is 3.36. The van der Waals surface area contributed by atoms with Gasteiger partial charge in [0.1, 0.15) is 24.2 Å². The number of β-amino-alcohol motifs (C(OH)–C–C–N with tert-alkyl or cyclic N) is 1. The Morgan fingerprint density at radius 2 is 1.74 bits per heavy atom. The first-order chi connectivity index (χ1) is 13.2. The number of benzene rings is 2. The van der Waals surface area contributed by atoms with Crippen LogP contribution in [0.3, 0.4) is 0 Å². The van der Waals surface area contributed by atoms with Crippen molar-refractivity contribution < 1.29 is 14.6 Å². The van der Waals surface area contributed by atoms with E-state index in [0.29, 0.717) is 13.2 Å². The standard InChI is InChI=1S/C22H30N2O3/c1-3-18-7-9-21(10-8-18)27-17-20(25)16-23-11-13-24(14-12-23)19-5-4-6-22(15-19)26-2/h4-10,15,20,25H,3,11-14,16-17H2,1-2H3. The number of aliphatic hydroxyl groups is 1. The molecular weight excluding hydrogens is 340 g/mol. The first-order valence-corrected chi connectivity index (χ1v) is 9.69. The van der Waals surface area contributed by atoms with E-state index in [1.807, 2.05) is 24.3 Å². The van der Waals surface area contributed by atoms with Gasteiger partial charge in [0.15, 0.2) is 0 Å². The van der Waals surface area contributed by atoms with Crippen molar-refractivity contribution in [3.8, 4) is 11.5 Å². The Morgan fingerprint density at radius 3 is 2.41 bits per heavy atom. The minimum atomic E-state index is -0.487. The molecule has 146 valence electrons. The first-order valence-electron chi connectivity index (χ1n) is 9.69. The van der Waals surface area contributed by atoms with Gasteiger partial charge < -0.3 is 19.5 Å². The highest BCUT2D eigenvalue weighted by molar-refractivity contribution is 5.51. The second-order valence-electron chi connectivity index (χ2n) is 6.95. The van der Waals surface area contributed by atoms with Crippen molar-refractivity contribution in [1.82, 2.24) is 4.90 Å². The molecule has 1 heterocycles. The van der Waals surface area contributed by atoms with Crippen LogP contribution < -0.4 is 14.4 Å². The molecule has 1 aliphatic rings. The molecule has 0 spiro atoms. The summed E-state index contributed by atoms with van der Waals surface area (Å²) in [6.07, 6.45) is 0.532. The summed E-state index contributed by atoms with van der Waals surface area (Å²) in [5.41, 5.74) is 2.48. The lowest BCUT2D eigenvalue weighted by atomic mass is 10.2. The van der Waals surface area contributed by atoms with Gasteiger partial charge in [-0.05, 0) is 36.2 Å². The number of anilines is 1. The van der Waals surface area contributed by atoms with Crippen LogP contribution in [0.2, 0.25) is 0 Å². The fourth-order valence-electron chi connectivity index (χ4n) is 3.36. The largest absolute Gasteiger partial charge is 0.497 e. The van der Waals surface area contributed by atoms with Crippen LogP contribution in [0.15, 0.2) is 48.5 Å². The van der Waals surface area contributed by atoms with Crippen molar-refractivity contribution in [2.24, 2.45) is 0 Å². The number of nitrogens with zero attached hydrogens (tertiary/aromatic N) is 2. The number of hydrogen-bond donors (Lipinski definition) is 1. The number of aliphatic hydroxyl groups excluding tert-OH is 1. The van der Waals surface area contributed by atoms with Crippen LogP contribution >= 0.6 is 0 Å². The second-order valence-corrected chi connectivity index (χ2v) is 6.95. The molecular formula is C22H30N2O3. The smallest absolute Gasteiger partial charge is 0.120 e.